The van der Waals surface area contributed by atoms with E-state index in [9.17, 15) is 0 Å². The van der Waals surface area contributed by atoms with Gasteiger partial charge < -0.3 is 5.32 Å². The van der Waals surface area contributed by atoms with E-state index < -0.39 is 0 Å². The van der Waals surface area contributed by atoms with Crippen molar-refractivity contribution in [2.24, 2.45) is 0 Å². The number of rotatable bonds is 1. The lowest BCUT2D eigenvalue weighted by atomic mass is 10.0. The van der Waals surface area contributed by atoms with Crippen molar-refractivity contribution in [3.05, 3.63) is 11.6 Å². The van der Waals surface area contributed by atoms with Gasteiger partial charge in [-0.05, 0) is 26.3 Å². The van der Waals surface area contributed by atoms with Crippen LogP contribution in [-0.4, -0.2) is 21.7 Å². The van der Waals surface area contributed by atoms with Crippen molar-refractivity contribution < 1.29 is 0 Å². The van der Waals surface area contributed by atoms with E-state index >= 15 is 0 Å². The average molecular weight is 166 g/mol. The molecular weight excluding hydrogens is 152 g/mol. The van der Waals surface area contributed by atoms with Crippen molar-refractivity contribution >= 4 is 0 Å². The van der Waals surface area contributed by atoms with Crippen molar-refractivity contribution in [3.63, 3.8) is 0 Å². The zero-order valence-electron chi connectivity index (χ0n) is 7.30. The van der Waals surface area contributed by atoms with Crippen molar-refractivity contribution in [1.82, 2.24) is 20.5 Å². The maximum Gasteiger partial charge on any atom is 0.167 e. The Morgan fingerprint density at radius 1 is 1.42 bits per heavy atom. The van der Waals surface area contributed by atoms with E-state index in [-0.39, 0.29) is 0 Å². The van der Waals surface area contributed by atoms with Crippen LogP contribution in [0, 0.1) is 6.92 Å². The lowest BCUT2D eigenvalue weighted by Crippen LogP contribution is -2.27. The molecule has 0 saturated carbocycles. The van der Waals surface area contributed by atoms with Gasteiger partial charge in [-0.1, -0.05) is 6.42 Å². The van der Waals surface area contributed by atoms with Gasteiger partial charge in [-0.15, -0.1) is 0 Å². The minimum atomic E-state index is 0.378. The number of hydrogen-bond donors (Lipinski definition) is 2. The first kappa shape index (κ1) is 7.73. The molecule has 0 amide bonds. The summed E-state index contributed by atoms with van der Waals surface area (Å²) in [4.78, 5) is 4.31. The standard InChI is InChI=1S/C8H14N4/c1-6-10-8(12-11-6)7-4-2-3-5-9-7/h7,9H,2-5H2,1H3,(H,10,11,12). The van der Waals surface area contributed by atoms with Crippen molar-refractivity contribution in [2.45, 2.75) is 32.2 Å². The molecule has 2 heterocycles. The Bertz CT molecular complexity index is 249. The summed E-state index contributed by atoms with van der Waals surface area (Å²) >= 11 is 0. The average Bonchev–Trinajstić information content (AvgIpc) is 2.54. The molecule has 1 atom stereocenters. The van der Waals surface area contributed by atoms with Crippen molar-refractivity contribution in [3.8, 4) is 0 Å². The quantitative estimate of drug-likeness (QED) is 0.652. The summed E-state index contributed by atoms with van der Waals surface area (Å²) in [5.74, 6) is 1.82. The largest absolute Gasteiger partial charge is 0.307 e. The topological polar surface area (TPSA) is 53.6 Å². The fraction of sp³-hybridized carbons (Fsp3) is 0.750. The Morgan fingerprint density at radius 2 is 2.33 bits per heavy atom. The molecule has 2 N–H and O–H groups in total. The molecule has 1 aromatic rings. The number of nitrogens with one attached hydrogen (secondary N) is 2. The van der Waals surface area contributed by atoms with Crippen LogP contribution in [-0.2, 0) is 0 Å². The molecule has 1 unspecified atom stereocenters. The number of nitrogens with zero attached hydrogens (tertiary/aromatic N) is 2. The van der Waals surface area contributed by atoms with E-state index in [0.29, 0.717) is 6.04 Å². The van der Waals surface area contributed by atoms with Gasteiger partial charge in [0, 0.05) is 0 Å². The number of aromatic amines is 1. The fourth-order valence-corrected chi connectivity index (χ4v) is 1.59. The molecule has 12 heavy (non-hydrogen) atoms. The molecule has 1 fully saturated rings. The molecule has 4 nitrogen and oxygen atoms in total. The Morgan fingerprint density at radius 3 is 2.92 bits per heavy atom. The highest BCUT2D eigenvalue weighted by Crippen LogP contribution is 2.19. The molecule has 0 aliphatic carbocycles. The molecule has 0 bridgehead atoms. The second kappa shape index (κ2) is 3.23. The van der Waals surface area contributed by atoms with Gasteiger partial charge in [0.25, 0.3) is 0 Å². The minimum Gasteiger partial charge on any atom is -0.307 e. The normalized spacial score (nSPS) is 24.2. The highest BCUT2D eigenvalue weighted by molar-refractivity contribution is 4.96. The SMILES string of the molecule is Cc1nc(C2CCCCN2)n[nH]1. The molecule has 4 heteroatoms. The van der Waals surface area contributed by atoms with Crippen LogP contribution in [0.5, 0.6) is 0 Å². The van der Waals surface area contributed by atoms with E-state index in [1.54, 1.807) is 0 Å². The van der Waals surface area contributed by atoms with E-state index in [2.05, 4.69) is 20.5 Å². The van der Waals surface area contributed by atoms with Crippen LogP contribution in [0.15, 0.2) is 0 Å². The van der Waals surface area contributed by atoms with Crippen LogP contribution in [0.1, 0.15) is 37.0 Å². The first-order valence-electron chi connectivity index (χ1n) is 4.48. The second-order valence-corrected chi connectivity index (χ2v) is 3.28. The highest BCUT2D eigenvalue weighted by Gasteiger charge is 2.17. The summed E-state index contributed by atoms with van der Waals surface area (Å²) in [6.45, 7) is 3.03. The number of H-pyrrole nitrogens is 1. The third-order valence-electron chi connectivity index (χ3n) is 2.24. The monoisotopic (exact) mass is 166 g/mol. The second-order valence-electron chi connectivity index (χ2n) is 3.28. The van der Waals surface area contributed by atoms with E-state index in [1.165, 1.54) is 12.8 Å². The Labute approximate surface area is 71.8 Å². The summed E-state index contributed by atoms with van der Waals surface area (Å²) in [7, 11) is 0. The third-order valence-corrected chi connectivity index (χ3v) is 2.24. The summed E-state index contributed by atoms with van der Waals surface area (Å²) < 4.78 is 0. The molecule has 0 aromatic carbocycles. The third kappa shape index (κ3) is 1.48. The molecule has 1 aromatic heterocycles. The number of hydrogen-bond acceptors (Lipinski definition) is 3. The van der Waals surface area contributed by atoms with Crippen LogP contribution < -0.4 is 5.32 Å². The number of aryl methyl sites for hydroxylation is 1. The van der Waals surface area contributed by atoms with Gasteiger partial charge >= 0.3 is 0 Å². The first-order valence-corrected chi connectivity index (χ1v) is 4.48. The molecule has 1 aliphatic rings. The predicted octanol–water partition coefficient (Wildman–Crippen LogP) is 0.928. The zero-order valence-corrected chi connectivity index (χ0v) is 7.30. The predicted molar refractivity (Wildman–Crippen MR) is 45.7 cm³/mol. The molecule has 0 spiro atoms. The van der Waals surface area contributed by atoms with Crippen LogP contribution in [0.2, 0.25) is 0 Å². The smallest absolute Gasteiger partial charge is 0.167 e. The highest BCUT2D eigenvalue weighted by atomic mass is 15.2. The molecule has 66 valence electrons. The van der Waals surface area contributed by atoms with Crippen LogP contribution in [0.25, 0.3) is 0 Å². The van der Waals surface area contributed by atoms with Crippen LogP contribution >= 0.6 is 0 Å². The lowest BCUT2D eigenvalue weighted by Gasteiger charge is -2.20. The van der Waals surface area contributed by atoms with E-state index in [1.807, 2.05) is 6.92 Å². The molecule has 1 saturated heterocycles. The molecule has 1 aliphatic heterocycles. The number of piperidine rings is 1. The van der Waals surface area contributed by atoms with E-state index in [4.69, 9.17) is 0 Å². The maximum atomic E-state index is 4.31. The van der Waals surface area contributed by atoms with Gasteiger partial charge in [0.2, 0.25) is 0 Å². The summed E-state index contributed by atoms with van der Waals surface area (Å²) in [6.07, 6.45) is 3.72. The van der Waals surface area contributed by atoms with Crippen molar-refractivity contribution in [1.29, 1.82) is 0 Å². The Kier molecular flexibility index (Phi) is 2.08. The van der Waals surface area contributed by atoms with Gasteiger partial charge in [-0.3, -0.25) is 5.10 Å². The van der Waals surface area contributed by atoms with Crippen LogP contribution in [0.4, 0.5) is 0 Å². The Balaban J connectivity index is 2.08. The zero-order chi connectivity index (χ0) is 8.39. The van der Waals surface area contributed by atoms with Gasteiger partial charge in [0.05, 0.1) is 6.04 Å². The van der Waals surface area contributed by atoms with Gasteiger partial charge in [-0.25, -0.2) is 4.98 Å². The van der Waals surface area contributed by atoms with Gasteiger partial charge in [0.1, 0.15) is 5.82 Å². The lowest BCUT2D eigenvalue weighted by molar-refractivity contribution is 0.398. The fourth-order valence-electron chi connectivity index (χ4n) is 1.59. The number of aromatic nitrogens is 3. The van der Waals surface area contributed by atoms with E-state index in [0.717, 1.165) is 24.6 Å². The molecular formula is C8H14N4. The summed E-state index contributed by atoms with van der Waals surface area (Å²) in [6, 6.07) is 0.378. The van der Waals surface area contributed by atoms with Crippen LogP contribution in [0.3, 0.4) is 0 Å². The Hall–Kier alpha value is -0.900. The summed E-state index contributed by atoms with van der Waals surface area (Å²) in [5.41, 5.74) is 0. The minimum absolute atomic E-state index is 0.378. The molecule has 2 rings (SSSR count). The maximum absolute atomic E-state index is 4.31. The summed E-state index contributed by atoms with van der Waals surface area (Å²) in [5, 5.41) is 10.4. The van der Waals surface area contributed by atoms with Crippen molar-refractivity contribution in [2.75, 3.05) is 6.54 Å². The van der Waals surface area contributed by atoms with Gasteiger partial charge in [0.15, 0.2) is 5.82 Å². The van der Waals surface area contributed by atoms with Gasteiger partial charge in [-0.2, -0.15) is 5.10 Å². The molecule has 0 radical (unpaired) electrons. The first-order chi connectivity index (χ1) is 5.86.